The molecule has 0 fully saturated rings. The second-order valence-electron chi connectivity index (χ2n) is 3.83. The molecule has 0 bridgehead atoms. The quantitative estimate of drug-likeness (QED) is 0.853. The number of aryl methyl sites for hydroxylation is 1. The van der Waals surface area contributed by atoms with Gasteiger partial charge in [-0.25, -0.2) is 4.98 Å². The van der Waals surface area contributed by atoms with Crippen molar-refractivity contribution in [1.29, 1.82) is 5.26 Å². The van der Waals surface area contributed by atoms with Gasteiger partial charge in [0.15, 0.2) is 11.4 Å². The molecule has 0 unspecified atom stereocenters. The third-order valence-electron chi connectivity index (χ3n) is 2.45. The van der Waals surface area contributed by atoms with Crippen molar-refractivity contribution in [2.24, 2.45) is 0 Å². The smallest absolute Gasteiger partial charge is 0.271 e. The normalized spacial score (nSPS) is 9.78. The fraction of sp³-hybridized carbons (Fsp3) is 0.154. The number of aromatic nitrogens is 2. The predicted octanol–water partition coefficient (Wildman–Crippen LogP) is 1.56. The number of H-pyrrole nitrogens is 1. The molecular formula is C13H12N4O. The van der Waals surface area contributed by atoms with Crippen LogP contribution in [0.25, 0.3) is 0 Å². The van der Waals surface area contributed by atoms with E-state index >= 15 is 0 Å². The first kappa shape index (κ1) is 11.9. The van der Waals surface area contributed by atoms with E-state index in [1.165, 1.54) is 0 Å². The maximum absolute atomic E-state index is 11.5. The zero-order valence-electron chi connectivity index (χ0n) is 9.90. The maximum Gasteiger partial charge on any atom is 0.271 e. The van der Waals surface area contributed by atoms with Crippen LogP contribution in [0.5, 0.6) is 0 Å². The van der Waals surface area contributed by atoms with Crippen LogP contribution >= 0.6 is 0 Å². The highest BCUT2D eigenvalue weighted by Gasteiger charge is 2.08. The Labute approximate surface area is 104 Å². The fourth-order valence-corrected chi connectivity index (χ4v) is 1.60. The van der Waals surface area contributed by atoms with Crippen LogP contribution in [0.15, 0.2) is 35.1 Å². The van der Waals surface area contributed by atoms with Crippen molar-refractivity contribution < 1.29 is 0 Å². The van der Waals surface area contributed by atoms with E-state index < -0.39 is 5.56 Å². The van der Waals surface area contributed by atoms with Gasteiger partial charge in [-0.15, -0.1) is 0 Å². The molecule has 18 heavy (non-hydrogen) atoms. The predicted molar refractivity (Wildman–Crippen MR) is 68.1 cm³/mol. The summed E-state index contributed by atoms with van der Waals surface area (Å²) < 4.78 is 0. The van der Waals surface area contributed by atoms with Gasteiger partial charge in [0.1, 0.15) is 11.9 Å². The van der Waals surface area contributed by atoms with Gasteiger partial charge in [0.2, 0.25) is 0 Å². The zero-order valence-corrected chi connectivity index (χ0v) is 9.90. The minimum absolute atomic E-state index is 0.0107. The lowest BCUT2D eigenvalue weighted by Gasteiger charge is -2.07. The molecule has 1 aromatic heterocycles. The van der Waals surface area contributed by atoms with Crippen LogP contribution in [0, 0.1) is 18.3 Å². The molecule has 0 radical (unpaired) electrons. The van der Waals surface area contributed by atoms with Crippen molar-refractivity contribution in [2.45, 2.75) is 13.5 Å². The topological polar surface area (TPSA) is 81.6 Å². The first-order valence-corrected chi connectivity index (χ1v) is 5.49. The summed E-state index contributed by atoms with van der Waals surface area (Å²) in [6.45, 7) is 2.20. The largest absolute Gasteiger partial charge is 0.365 e. The lowest BCUT2D eigenvalue weighted by molar-refractivity contribution is 0.988. The molecule has 0 aliphatic carbocycles. The number of hydrogen-bond acceptors (Lipinski definition) is 4. The first-order chi connectivity index (χ1) is 8.70. The number of nitrogens with one attached hydrogen (secondary N) is 2. The van der Waals surface area contributed by atoms with Gasteiger partial charge in [0.05, 0.1) is 0 Å². The van der Waals surface area contributed by atoms with Crippen molar-refractivity contribution in [2.75, 3.05) is 5.32 Å². The number of rotatable bonds is 3. The minimum Gasteiger partial charge on any atom is -0.365 e. The van der Waals surface area contributed by atoms with E-state index in [1.807, 2.05) is 36.4 Å². The van der Waals surface area contributed by atoms with E-state index in [2.05, 4.69) is 15.3 Å². The number of benzene rings is 1. The summed E-state index contributed by atoms with van der Waals surface area (Å²) in [5.41, 5.74) is 0.651. The first-order valence-electron chi connectivity index (χ1n) is 5.49. The summed E-state index contributed by atoms with van der Waals surface area (Å²) in [5, 5.41) is 11.9. The van der Waals surface area contributed by atoms with Gasteiger partial charge in [-0.2, -0.15) is 5.26 Å². The Bertz CT molecular complexity index is 640. The summed E-state index contributed by atoms with van der Waals surface area (Å²) in [4.78, 5) is 18.2. The molecule has 2 aromatic rings. The summed E-state index contributed by atoms with van der Waals surface area (Å²) in [6.07, 6.45) is 0. The Kier molecular flexibility index (Phi) is 3.39. The Morgan fingerprint density at radius 2 is 2.11 bits per heavy atom. The number of nitriles is 1. The van der Waals surface area contributed by atoms with Crippen molar-refractivity contribution in [1.82, 2.24) is 9.97 Å². The SMILES string of the molecule is Cc1nc(NCc2ccccc2)c(C#N)c(=O)[nH]1. The molecule has 5 heteroatoms. The standard InChI is InChI=1S/C13H12N4O/c1-9-16-12(11(7-14)13(18)17-9)15-8-10-5-3-2-4-6-10/h2-6H,8H2,1H3,(H2,15,16,17,18). The van der Waals surface area contributed by atoms with Crippen molar-refractivity contribution in [3.8, 4) is 6.07 Å². The van der Waals surface area contributed by atoms with E-state index in [0.717, 1.165) is 5.56 Å². The van der Waals surface area contributed by atoms with Crippen LogP contribution in [-0.2, 0) is 6.54 Å². The van der Waals surface area contributed by atoms with Crippen LogP contribution in [0.2, 0.25) is 0 Å². The van der Waals surface area contributed by atoms with E-state index in [1.54, 1.807) is 6.92 Å². The average Bonchev–Trinajstić information content (AvgIpc) is 2.37. The van der Waals surface area contributed by atoms with Gasteiger partial charge in [0.25, 0.3) is 5.56 Å². The summed E-state index contributed by atoms with van der Waals surface area (Å²) in [6, 6.07) is 11.6. The number of hydrogen-bond donors (Lipinski definition) is 2. The van der Waals surface area contributed by atoms with E-state index in [-0.39, 0.29) is 5.56 Å². The molecule has 0 saturated heterocycles. The molecule has 1 heterocycles. The van der Waals surface area contributed by atoms with E-state index in [0.29, 0.717) is 18.2 Å². The third kappa shape index (κ3) is 2.55. The van der Waals surface area contributed by atoms with Gasteiger partial charge in [0, 0.05) is 6.54 Å². The Balaban J connectivity index is 2.25. The second-order valence-corrected chi connectivity index (χ2v) is 3.83. The van der Waals surface area contributed by atoms with Crippen molar-refractivity contribution in [3.63, 3.8) is 0 Å². The summed E-state index contributed by atoms with van der Waals surface area (Å²) in [5.74, 6) is 0.803. The Morgan fingerprint density at radius 1 is 1.39 bits per heavy atom. The van der Waals surface area contributed by atoms with Crippen LogP contribution in [0.4, 0.5) is 5.82 Å². The highest BCUT2D eigenvalue weighted by molar-refractivity contribution is 5.50. The molecule has 2 N–H and O–H groups in total. The monoisotopic (exact) mass is 240 g/mol. The van der Waals surface area contributed by atoms with Crippen LogP contribution in [0.1, 0.15) is 17.0 Å². The van der Waals surface area contributed by atoms with Gasteiger partial charge in [-0.1, -0.05) is 30.3 Å². The molecule has 0 spiro atoms. The highest BCUT2D eigenvalue weighted by Crippen LogP contribution is 2.08. The third-order valence-corrected chi connectivity index (χ3v) is 2.45. The van der Waals surface area contributed by atoms with Gasteiger partial charge < -0.3 is 10.3 Å². The Hall–Kier alpha value is -2.61. The molecule has 0 saturated carbocycles. The highest BCUT2D eigenvalue weighted by atomic mass is 16.1. The molecule has 0 aliphatic heterocycles. The fourth-order valence-electron chi connectivity index (χ4n) is 1.60. The molecule has 0 atom stereocenters. The number of nitrogens with zero attached hydrogens (tertiary/aromatic N) is 2. The molecule has 90 valence electrons. The molecular weight excluding hydrogens is 228 g/mol. The zero-order chi connectivity index (χ0) is 13.0. The summed E-state index contributed by atoms with van der Waals surface area (Å²) >= 11 is 0. The van der Waals surface area contributed by atoms with Crippen molar-refractivity contribution >= 4 is 5.82 Å². The van der Waals surface area contributed by atoms with Crippen LogP contribution < -0.4 is 10.9 Å². The number of anilines is 1. The Morgan fingerprint density at radius 3 is 2.78 bits per heavy atom. The molecule has 0 amide bonds. The van der Waals surface area contributed by atoms with Crippen molar-refractivity contribution in [3.05, 3.63) is 57.6 Å². The van der Waals surface area contributed by atoms with Gasteiger partial charge >= 0.3 is 0 Å². The average molecular weight is 240 g/mol. The molecule has 1 aromatic carbocycles. The lowest BCUT2D eigenvalue weighted by Crippen LogP contribution is -2.17. The van der Waals surface area contributed by atoms with E-state index in [9.17, 15) is 4.79 Å². The molecule has 2 rings (SSSR count). The van der Waals surface area contributed by atoms with Crippen LogP contribution in [-0.4, -0.2) is 9.97 Å². The molecule has 0 aliphatic rings. The van der Waals surface area contributed by atoms with E-state index in [4.69, 9.17) is 5.26 Å². The molecule has 5 nitrogen and oxygen atoms in total. The number of aromatic amines is 1. The maximum atomic E-state index is 11.5. The van der Waals surface area contributed by atoms with Gasteiger partial charge in [-0.3, -0.25) is 4.79 Å². The lowest BCUT2D eigenvalue weighted by atomic mass is 10.2. The second kappa shape index (κ2) is 5.15. The van der Waals surface area contributed by atoms with Crippen LogP contribution in [0.3, 0.4) is 0 Å². The summed E-state index contributed by atoms with van der Waals surface area (Å²) in [7, 11) is 0. The van der Waals surface area contributed by atoms with Gasteiger partial charge in [-0.05, 0) is 12.5 Å². The minimum atomic E-state index is -0.416.